The van der Waals surface area contributed by atoms with Crippen molar-refractivity contribution in [3.8, 4) is 11.4 Å². The molecule has 0 atom stereocenters. The number of ether oxygens (including phenoxy) is 1. The van der Waals surface area contributed by atoms with Crippen LogP contribution in [0.25, 0.3) is 16.7 Å². The summed E-state index contributed by atoms with van der Waals surface area (Å²) in [4.78, 5) is 9.08. The Kier molecular flexibility index (Phi) is 4.48. The largest absolute Gasteiger partial charge is 0.494 e. The van der Waals surface area contributed by atoms with Crippen LogP contribution in [0.5, 0.6) is 5.75 Å². The van der Waals surface area contributed by atoms with Crippen LogP contribution in [0.1, 0.15) is 12.5 Å². The van der Waals surface area contributed by atoms with E-state index in [1.165, 1.54) is 0 Å². The highest BCUT2D eigenvalue weighted by atomic mass is 16.5. The molecule has 0 aliphatic carbocycles. The zero-order valence-corrected chi connectivity index (χ0v) is 14.5. The maximum absolute atomic E-state index is 5.46. The van der Waals surface area contributed by atoms with Crippen molar-refractivity contribution in [3.63, 3.8) is 0 Å². The molecule has 0 aliphatic heterocycles. The first-order valence-electron chi connectivity index (χ1n) is 8.63. The molecule has 0 amide bonds. The second-order valence-electron chi connectivity index (χ2n) is 5.88. The van der Waals surface area contributed by atoms with Gasteiger partial charge in [0.2, 0.25) is 0 Å². The summed E-state index contributed by atoms with van der Waals surface area (Å²) in [6, 6.07) is 24.2. The minimum atomic E-state index is 0.670. The standard InChI is InChI=1S/C22H19N3O/c1-2-26-20-11-8-17(9-12-20)15-23-18-10-13-22-21(14-18)24-16-25(22)19-6-4-3-5-7-19/h3-16H,2H2,1H3. The molecule has 1 heterocycles. The fraction of sp³-hybridized carbons (Fsp3) is 0.0909. The lowest BCUT2D eigenvalue weighted by atomic mass is 10.2. The van der Waals surface area contributed by atoms with Crippen molar-refractivity contribution >= 4 is 22.9 Å². The summed E-state index contributed by atoms with van der Waals surface area (Å²) in [6.07, 6.45) is 3.70. The van der Waals surface area contributed by atoms with Gasteiger partial charge in [-0.2, -0.15) is 0 Å². The lowest BCUT2D eigenvalue weighted by Crippen LogP contribution is -1.91. The normalized spacial score (nSPS) is 11.3. The number of benzene rings is 3. The lowest BCUT2D eigenvalue weighted by Gasteiger charge is -2.04. The average Bonchev–Trinajstić information content (AvgIpc) is 3.12. The molecule has 0 bridgehead atoms. The molecular formula is C22H19N3O. The molecule has 0 radical (unpaired) electrons. The van der Waals surface area contributed by atoms with Crippen LogP contribution < -0.4 is 4.74 Å². The SMILES string of the molecule is CCOc1ccc(C=Nc2ccc3c(c2)ncn3-c2ccccc2)cc1. The Morgan fingerprint density at radius 2 is 1.81 bits per heavy atom. The third-order valence-electron chi connectivity index (χ3n) is 4.12. The number of rotatable bonds is 5. The van der Waals surface area contributed by atoms with Gasteiger partial charge in [0.15, 0.2) is 0 Å². The molecule has 4 aromatic rings. The lowest BCUT2D eigenvalue weighted by molar-refractivity contribution is 0.340. The quantitative estimate of drug-likeness (QED) is 0.470. The Bertz CT molecular complexity index is 1030. The van der Waals surface area contributed by atoms with Crippen molar-refractivity contribution in [1.29, 1.82) is 0 Å². The number of aromatic nitrogens is 2. The number of imidazole rings is 1. The van der Waals surface area contributed by atoms with E-state index in [4.69, 9.17) is 4.74 Å². The average molecular weight is 341 g/mol. The van der Waals surface area contributed by atoms with E-state index in [9.17, 15) is 0 Å². The Morgan fingerprint density at radius 3 is 2.58 bits per heavy atom. The summed E-state index contributed by atoms with van der Waals surface area (Å²) in [5.41, 5.74) is 5.00. The summed E-state index contributed by atoms with van der Waals surface area (Å²) in [7, 11) is 0. The molecule has 1 aromatic heterocycles. The van der Waals surface area contributed by atoms with E-state index in [-0.39, 0.29) is 0 Å². The predicted octanol–water partition coefficient (Wildman–Crippen LogP) is 5.17. The van der Waals surface area contributed by atoms with Gasteiger partial charge >= 0.3 is 0 Å². The minimum absolute atomic E-state index is 0.670. The number of para-hydroxylation sites is 1. The molecule has 0 saturated carbocycles. The van der Waals surface area contributed by atoms with Gasteiger partial charge in [-0.05, 0) is 67.1 Å². The van der Waals surface area contributed by atoms with Gasteiger partial charge in [0.05, 0.1) is 23.3 Å². The second kappa shape index (κ2) is 7.23. The van der Waals surface area contributed by atoms with Crippen LogP contribution in [0.3, 0.4) is 0 Å². The topological polar surface area (TPSA) is 39.4 Å². The molecule has 0 N–H and O–H groups in total. The van der Waals surface area contributed by atoms with Crippen molar-refractivity contribution in [2.45, 2.75) is 6.92 Å². The van der Waals surface area contributed by atoms with Crippen LogP contribution in [0.15, 0.2) is 84.1 Å². The molecule has 4 nitrogen and oxygen atoms in total. The van der Waals surface area contributed by atoms with Crippen molar-refractivity contribution < 1.29 is 4.74 Å². The van der Waals surface area contributed by atoms with Gasteiger partial charge in [0.25, 0.3) is 0 Å². The van der Waals surface area contributed by atoms with Gasteiger partial charge in [-0.1, -0.05) is 18.2 Å². The zero-order valence-electron chi connectivity index (χ0n) is 14.5. The molecule has 4 rings (SSSR count). The monoisotopic (exact) mass is 341 g/mol. The highest BCUT2D eigenvalue weighted by Gasteiger charge is 2.04. The van der Waals surface area contributed by atoms with Gasteiger partial charge in [-0.15, -0.1) is 0 Å². The van der Waals surface area contributed by atoms with Gasteiger partial charge in [-0.25, -0.2) is 4.98 Å². The van der Waals surface area contributed by atoms with Crippen LogP contribution in [-0.4, -0.2) is 22.4 Å². The number of hydrogen-bond donors (Lipinski definition) is 0. The molecule has 0 fully saturated rings. The van der Waals surface area contributed by atoms with Crippen LogP contribution in [0.2, 0.25) is 0 Å². The molecule has 3 aromatic carbocycles. The zero-order chi connectivity index (χ0) is 17.8. The maximum atomic E-state index is 5.46. The van der Waals surface area contributed by atoms with E-state index in [0.29, 0.717) is 6.61 Å². The molecule has 26 heavy (non-hydrogen) atoms. The molecular weight excluding hydrogens is 322 g/mol. The van der Waals surface area contributed by atoms with Crippen LogP contribution in [0.4, 0.5) is 5.69 Å². The first-order chi connectivity index (χ1) is 12.8. The highest BCUT2D eigenvalue weighted by Crippen LogP contribution is 2.23. The predicted molar refractivity (Wildman–Crippen MR) is 106 cm³/mol. The third-order valence-corrected chi connectivity index (χ3v) is 4.12. The number of aliphatic imine (C=N–C) groups is 1. The smallest absolute Gasteiger partial charge is 0.119 e. The molecule has 0 aliphatic rings. The summed E-state index contributed by atoms with van der Waals surface area (Å²) in [5, 5.41) is 0. The highest BCUT2D eigenvalue weighted by molar-refractivity contribution is 5.85. The first-order valence-corrected chi connectivity index (χ1v) is 8.63. The van der Waals surface area contributed by atoms with E-state index >= 15 is 0 Å². The number of nitrogens with zero attached hydrogens (tertiary/aromatic N) is 3. The summed E-state index contributed by atoms with van der Waals surface area (Å²) in [5.74, 6) is 0.873. The molecule has 0 unspecified atom stereocenters. The molecule has 128 valence electrons. The van der Waals surface area contributed by atoms with E-state index in [2.05, 4.69) is 32.7 Å². The Labute approximate surface area is 152 Å². The second-order valence-corrected chi connectivity index (χ2v) is 5.88. The van der Waals surface area contributed by atoms with Gasteiger partial charge in [-0.3, -0.25) is 9.56 Å². The van der Waals surface area contributed by atoms with Crippen molar-refractivity contribution in [1.82, 2.24) is 9.55 Å². The molecule has 0 saturated heterocycles. The number of hydrogen-bond acceptors (Lipinski definition) is 3. The van der Waals surface area contributed by atoms with Crippen molar-refractivity contribution in [2.24, 2.45) is 4.99 Å². The van der Waals surface area contributed by atoms with Crippen LogP contribution >= 0.6 is 0 Å². The maximum Gasteiger partial charge on any atom is 0.119 e. The van der Waals surface area contributed by atoms with Gasteiger partial charge < -0.3 is 4.74 Å². The summed E-state index contributed by atoms with van der Waals surface area (Å²) in [6.45, 7) is 2.65. The van der Waals surface area contributed by atoms with E-state index in [0.717, 1.165) is 33.7 Å². The van der Waals surface area contributed by atoms with Gasteiger partial charge in [0.1, 0.15) is 12.1 Å². The minimum Gasteiger partial charge on any atom is -0.494 e. The molecule has 0 spiro atoms. The van der Waals surface area contributed by atoms with Crippen LogP contribution in [-0.2, 0) is 0 Å². The fourth-order valence-corrected chi connectivity index (χ4v) is 2.84. The third kappa shape index (κ3) is 3.35. The van der Waals surface area contributed by atoms with E-state index in [1.807, 2.05) is 74.1 Å². The Balaban J connectivity index is 1.58. The van der Waals surface area contributed by atoms with E-state index < -0.39 is 0 Å². The Hall–Kier alpha value is -3.40. The first kappa shape index (κ1) is 16.1. The Morgan fingerprint density at radius 1 is 1.00 bits per heavy atom. The summed E-state index contributed by atoms with van der Waals surface area (Å²) < 4.78 is 7.53. The van der Waals surface area contributed by atoms with Crippen LogP contribution in [0, 0.1) is 0 Å². The molecule has 4 heteroatoms. The number of fused-ring (bicyclic) bond motifs is 1. The summed E-state index contributed by atoms with van der Waals surface area (Å²) >= 11 is 0. The van der Waals surface area contributed by atoms with E-state index in [1.54, 1.807) is 0 Å². The van der Waals surface area contributed by atoms with Gasteiger partial charge in [0, 0.05) is 11.9 Å². The van der Waals surface area contributed by atoms with Crippen molar-refractivity contribution in [3.05, 3.63) is 84.7 Å². The fourth-order valence-electron chi connectivity index (χ4n) is 2.84. The van der Waals surface area contributed by atoms with Crippen molar-refractivity contribution in [2.75, 3.05) is 6.61 Å².